The number of aromatic hydroxyl groups is 2. The second-order valence-electron chi connectivity index (χ2n) is 6.51. The second-order valence-corrected chi connectivity index (χ2v) is 6.51. The van der Waals surface area contributed by atoms with Crippen molar-refractivity contribution in [2.24, 2.45) is 5.10 Å². The Kier molecular flexibility index (Phi) is 6.15. The largest absolute Gasteiger partial charge is 0.504 e. The molecule has 1 atom stereocenters. The minimum atomic E-state index is -1.39. The van der Waals surface area contributed by atoms with Crippen molar-refractivity contribution in [3.05, 3.63) is 59.7 Å². The Morgan fingerprint density at radius 3 is 2.35 bits per heavy atom. The van der Waals surface area contributed by atoms with Gasteiger partial charge in [0.15, 0.2) is 17.5 Å². The number of amides is 4. The molecular weight excluding hydrogens is 408 g/mol. The molecule has 3 rings (SSSR count). The lowest BCUT2D eigenvalue weighted by Gasteiger charge is -2.30. The number of piperazine rings is 1. The molecule has 0 aromatic heterocycles. The van der Waals surface area contributed by atoms with Crippen LogP contribution in [0.2, 0.25) is 0 Å². The maximum atomic E-state index is 12.5. The molecule has 11 heteroatoms. The minimum absolute atomic E-state index is 0.109. The zero-order valence-corrected chi connectivity index (χ0v) is 16.0. The smallest absolute Gasteiger partial charge is 0.332 e. The maximum Gasteiger partial charge on any atom is 0.332 e. The van der Waals surface area contributed by atoms with E-state index in [1.165, 1.54) is 36.5 Å². The highest BCUT2D eigenvalue weighted by Gasteiger charge is 2.37. The average Bonchev–Trinajstić information content (AvgIpc) is 2.75. The number of hydrogen-bond donors (Lipinski definition) is 4. The molecule has 0 saturated carbocycles. The van der Waals surface area contributed by atoms with Gasteiger partial charge in [0.1, 0.15) is 0 Å². The number of carbonyl (C=O) groups excluding carboxylic acids is 3. The summed E-state index contributed by atoms with van der Waals surface area (Å²) in [4.78, 5) is 49.3. The van der Waals surface area contributed by atoms with Crippen LogP contribution in [0.25, 0.3) is 0 Å². The lowest BCUT2D eigenvalue weighted by Crippen LogP contribution is -2.57. The summed E-state index contributed by atoms with van der Waals surface area (Å²) in [6, 6.07) is 9.40. The van der Waals surface area contributed by atoms with Crippen LogP contribution >= 0.6 is 0 Å². The molecule has 0 bridgehead atoms. The van der Waals surface area contributed by atoms with Crippen molar-refractivity contribution in [2.45, 2.75) is 6.04 Å². The third-order valence-electron chi connectivity index (χ3n) is 4.44. The molecule has 1 heterocycles. The molecule has 1 aliphatic rings. The van der Waals surface area contributed by atoms with Crippen LogP contribution in [0.5, 0.6) is 11.5 Å². The molecule has 0 radical (unpaired) electrons. The van der Waals surface area contributed by atoms with E-state index in [-0.39, 0.29) is 24.6 Å². The molecule has 1 aliphatic heterocycles. The summed E-state index contributed by atoms with van der Waals surface area (Å²) < 4.78 is 0. The van der Waals surface area contributed by atoms with Gasteiger partial charge >= 0.3 is 23.8 Å². The lowest BCUT2D eigenvalue weighted by molar-refractivity contribution is -0.153. The number of hydrogen-bond acceptors (Lipinski definition) is 7. The summed E-state index contributed by atoms with van der Waals surface area (Å²) >= 11 is 0. The van der Waals surface area contributed by atoms with Crippen molar-refractivity contribution in [1.29, 1.82) is 0 Å². The zero-order valence-electron chi connectivity index (χ0n) is 16.0. The molecule has 11 nitrogen and oxygen atoms in total. The predicted molar refractivity (Wildman–Crippen MR) is 106 cm³/mol. The molecule has 0 unspecified atom stereocenters. The Morgan fingerprint density at radius 1 is 1.00 bits per heavy atom. The number of carboxylic acid groups (broad SMARTS) is 1. The number of carboxylic acids is 1. The van der Waals surface area contributed by atoms with Gasteiger partial charge in [-0.05, 0) is 29.3 Å². The molecular formula is C20H18N4O7. The molecule has 1 fully saturated rings. The molecule has 160 valence electrons. The highest BCUT2D eigenvalue weighted by Crippen LogP contribution is 2.24. The van der Waals surface area contributed by atoms with E-state index in [1.807, 2.05) is 0 Å². The SMILES string of the molecule is O=C(O)[C@H](NC(=O)N1CCN(N=Cc2ccc(O)c(O)c2)C(=O)C1=O)c1ccccc1. The quantitative estimate of drug-likeness (QED) is 0.310. The normalized spacial score (nSPS) is 15.2. The zero-order chi connectivity index (χ0) is 22.5. The van der Waals surface area contributed by atoms with Crippen LogP contribution < -0.4 is 5.32 Å². The van der Waals surface area contributed by atoms with Gasteiger partial charge in [0, 0.05) is 0 Å². The van der Waals surface area contributed by atoms with Gasteiger partial charge in [0.05, 0.1) is 19.3 Å². The van der Waals surface area contributed by atoms with Crippen molar-refractivity contribution in [3.8, 4) is 11.5 Å². The number of aliphatic carboxylic acids is 1. The molecule has 0 aliphatic carbocycles. The molecule has 2 aromatic carbocycles. The molecule has 4 amide bonds. The Balaban J connectivity index is 1.67. The Morgan fingerprint density at radius 2 is 1.71 bits per heavy atom. The Labute approximate surface area is 175 Å². The number of rotatable bonds is 5. The topological polar surface area (TPSA) is 160 Å². The summed E-state index contributed by atoms with van der Waals surface area (Å²) in [6.45, 7) is -0.308. The van der Waals surface area contributed by atoms with Crippen LogP contribution in [0.15, 0.2) is 53.6 Å². The first-order valence-electron chi connectivity index (χ1n) is 9.05. The number of phenolic OH excluding ortho intramolecular Hbond substituents is 2. The van der Waals surface area contributed by atoms with E-state index < -0.39 is 29.9 Å². The van der Waals surface area contributed by atoms with Crippen molar-refractivity contribution in [3.63, 3.8) is 0 Å². The van der Waals surface area contributed by atoms with E-state index >= 15 is 0 Å². The van der Waals surface area contributed by atoms with E-state index in [4.69, 9.17) is 0 Å². The number of phenols is 2. The molecule has 31 heavy (non-hydrogen) atoms. The van der Waals surface area contributed by atoms with Crippen LogP contribution in [0.1, 0.15) is 17.2 Å². The maximum absolute atomic E-state index is 12.5. The predicted octanol–water partition coefficient (Wildman–Crippen LogP) is 0.638. The van der Waals surface area contributed by atoms with Crippen LogP contribution in [-0.2, 0) is 14.4 Å². The van der Waals surface area contributed by atoms with Crippen molar-refractivity contribution in [2.75, 3.05) is 13.1 Å². The number of urea groups is 1. The third-order valence-corrected chi connectivity index (χ3v) is 4.44. The molecule has 0 spiro atoms. The fourth-order valence-corrected chi connectivity index (χ4v) is 2.82. The van der Waals surface area contributed by atoms with E-state index in [2.05, 4.69) is 10.4 Å². The van der Waals surface area contributed by atoms with Crippen LogP contribution in [-0.4, -0.2) is 68.3 Å². The fraction of sp³-hybridized carbons (Fsp3) is 0.150. The van der Waals surface area contributed by atoms with Crippen LogP contribution in [0, 0.1) is 0 Å². The highest BCUT2D eigenvalue weighted by atomic mass is 16.4. The monoisotopic (exact) mass is 426 g/mol. The Hall–Kier alpha value is -4.41. The fourth-order valence-electron chi connectivity index (χ4n) is 2.82. The standard InChI is InChI=1S/C20H18N4O7/c25-14-7-6-12(10-15(14)26)11-21-24-9-8-23(17(27)18(24)28)20(31)22-16(19(29)30)13-4-2-1-3-5-13/h1-7,10-11,16,25-26H,8-9H2,(H,22,31)(H,29,30)/t16-/m1/s1. The van der Waals surface area contributed by atoms with E-state index in [0.29, 0.717) is 16.0 Å². The van der Waals surface area contributed by atoms with Gasteiger partial charge in [-0.3, -0.25) is 14.5 Å². The second kappa shape index (κ2) is 8.95. The first-order valence-corrected chi connectivity index (χ1v) is 9.05. The number of carbonyl (C=O) groups is 4. The van der Waals surface area contributed by atoms with Crippen molar-refractivity contribution >= 4 is 30.0 Å². The summed E-state index contributed by atoms with van der Waals surface area (Å²) in [5.41, 5.74) is 0.672. The van der Waals surface area contributed by atoms with Gasteiger partial charge in [0.2, 0.25) is 0 Å². The number of nitrogens with zero attached hydrogens (tertiary/aromatic N) is 3. The minimum Gasteiger partial charge on any atom is -0.504 e. The van der Waals surface area contributed by atoms with E-state index in [9.17, 15) is 34.5 Å². The number of imide groups is 1. The van der Waals surface area contributed by atoms with Gasteiger partial charge in [0.25, 0.3) is 0 Å². The number of benzene rings is 2. The number of hydrazone groups is 1. The van der Waals surface area contributed by atoms with Gasteiger partial charge in [-0.2, -0.15) is 5.10 Å². The summed E-state index contributed by atoms with van der Waals surface area (Å²) in [7, 11) is 0. The average molecular weight is 426 g/mol. The van der Waals surface area contributed by atoms with Crippen molar-refractivity contribution in [1.82, 2.24) is 15.2 Å². The third kappa shape index (κ3) is 4.78. The van der Waals surface area contributed by atoms with E-state index in [1.54, 1.807) is 18.2 Å². The summed E-state index contributed by atoms with van der Waals surface area (Å²) in [6.07, 6.45) is 1.20. The molecule has 2 aromatic rings. The number of nitrogens with one attached hydrogen (secondary N) is 1. The van der Waals surface area contributed by atoms with Crippen LogP contribution in [0.3, 0.4) is 0 Å². The van der Waals surface area contributed by atoms with Gasteiger partial charge in [-0.1, -0.05) is 30.3 Å². The van der Waals surface area contributed by atoms with Crippen molar-refractivity contribution < 1.29 is 34.5 Å². The summed E-state index contributed by atoms with van der Waals surface area (Å²) in [5, 5.41) is 35.2. The highest BCUT2D eigenvalue weighted by molar-refractivity contribution is 6.38. The Bertz CT molecular complexity index is 1050. The van der Waals surface area contributed by atoms with Gasteiger partial charge in [-0.15, -0.1) is 0 Å². The first-order chi connectivity index (χ1) is 14.8. The van der Waals surface area contributed by atoms with Gasteiger partial charge in [-0.25, -0.2) is 14.6 Å². The molecule has 4 N–H and O–H groups in total. The molecule has 1 saturated heterocycles. The van der Waals surface area contributed by atoms with E-state index in [0.717, 1.165) is 5.01 Å². The summed E-state index contributed by atoms with van der Waals surface area (Å²) in [5.74, 6) is -4.25. The lowest BCUT2D eigenvalue weighted by atomic mass is 10.1. The first kappa shape index (κ1) is 21.3. The van der Waals surface area contributed by atoms with Gasteiger partial charge < -0.3 is 20.6 Å². The van der Waals surface area contributed by atoms with Crippen LogP contribution in [0.4, 0.5) is 4.79 Å².